The third-order valence-corrected chi connectivity index (χ3v) is 3.91. The van der Waals surface area contributed by atoms with Crippen molar-refractivity contribution in [3.05, 3.63) is 35.6 Å². The Morgan fingerprint density at radius 3 is 2.41 bits per heavy atom. The Bertz CT molecular complexity index is 487. The van der Waals surface area contributed by atoms with Gasteiger partial charge in [-0.1, -0.05) is 25.1 Å². The Labute approximate surface area is 102 Å². The van der Waals surface area contributed by atoms with E-state index in [0.717, 1.165) is 6.26 Å². The van der Waals surface area contributed by atoms with Crippen molar-refractivity contribution in [1.82, 2.24) is 0 Å². The van der Waals surface area contributed by atoms with Crippen LogP contribution in [0.5, 0.6) is 0 Å². The molecule has 17 heavy (non-hydrogen) atoms. The van der Waals surface area contributed by atoms with Crippen LogP contribution >= 0.6 is 0 Å². The number of benzene rings is 1. The Balaban J connectivity index is 3.00. The van der Waals surface area contributed by atoms with Gasteiger partial charge in [0, 0.05) is 17.4 Å². The first-order chi connectivity index (χ1) is 7.78. The smallest absolute Gasteiger partial charge is 0.147 e. The Hall–Kier alpha value is -0.940. The number of sulfone groups is 1. The van der Waals surface area contributed by atoms with Crippen LogP contribution in [0, 0.1) is 5.82 Å². The van der Waals surface area contributed by atoms with E-state index in [4.69, 9.17) is 5.73 Å². The second kappa shape index (κ2) is 5.14. The van der Waals surface area contributed by atoms with E-state index in [1.54, 1.807) is 18.2 Å². The third kappa shape index (κ3) is 3.78. The summed E-state index contributed by atoms with van der Waals surface area (Å²) in [6.45, 7) is 1.83. The minimum absolute atomic E-state index is 0.0360. The molecule has 2 N–H and O–H groups in total. The lowest BCUT2D eigenvalue weighted by Crippen LogP contribution is -2.38. The fourth-order valence-electron chi connectivity index (χ4n) is 1.73. The van der Waals surface area contributed by atoms with Crippen molar-refractivity contribution in [2.24, 2.45) is 5.73 Å². The molecule has 0 aliphatic rings. The maximum absolute atomic E-state index is 13.7. The summed E-state index contributed by atoms with van der Waals surface area (Å²) in [7, 11) is -3.09. The number of halogens is 1. The van der Waals surface area contributed by atoms with Gasteiger partial charge < -0.3 is 5.73 Å². The highest BCUT2D eigenvalue weighted by molar-refractivity contribution is 7.90. The first kappa shape index (κ1) is 14.1. The van der Waals surface area contributed by atoms with Gasteiger partial charge in [-0.25, -0.2) is 12.8 Å². The van der Waals surface area contributed by atoms with Gasteiger partial charge >= 0.3 is 0 Å². The monoisotopic (exact) mass is 259 g/mol. The Morgan fingerprint density at radius 1 is 1.35 bits per heavy atom. The maximum Gasteiger partial charge on any atom is 0.147 e. The molecule has 0 heterocycles. The summed E-state index contributed by atoms with van der Waals surface area (Å²) in [5.74, 6) is -0.420. The zero-order valence-corrected chi connectivity index (χ0v) is 10.9. The molecule has 5 heteroatoms. The van der Waals surface area contributed by atoms with Crippen molar-refractivity contribution in [3.8, 4) is 0 Å². The third-order valence-electron chi connectivity index (χ3n) is 2.96. The molecule has 0 radical (unpaired) electrons. The van der Waals surface area contributed by atoms with Crippen LogP contribution in [0.3, 0.4) is 0 Å². The summed E-state index contributed by atoms with van der Waals surface area (Å²) >= 11 is 0. The molecule has 96 valence electrons. The van der Waals surface area contributed by atoms with Gasteiger partial charge in [0.25, 0.3) is 0 Å². The maximum atomic E-state index is 13.7. The van der Waals surface area contributed by atoms with Crippen LogP contribution in [0.25, 0.3) is 0 Å². The lowest BCUT2D eigenvalue weighted by atomic mass is 9.85. The van der Waals surface area contributed by atoms with Gasteiger partial charge in [-0.05, 0) is 18.9 Å². The molecule has 1 aromatic rings. The van der Waals surface area contributed by atoms with Gasteiger partial charge in [0.15, 0.2) is 0 Å². The van der Waals surface area contributed by atoms with Gasteiger partial charge in [-0.2, -0.15) is 0 Å². The highest BCUT2D eigenvalue weighted by Gasteiger charge is 2.29. The van der Waals surface area contributed by atoms with Gasteiger partial charge in [-0.15, -0.1) is 0 Å². The lowest BCUT2D eigenvalue weighted by molar-refractivity contribution is 0.392. The molecule has 0 bridgehead atoms. The lowest BCUT2D eigenvalue weighted by Gasteiger charge is -2.28. The van der Waals surface area contributed by atoms with E-state index in [0.29, 0.717) is 12.0 Å². The highest BCUT2D eigenvalue weighted by Crippen LogP contribution is 2.28. The van der Waals surface area contributed by atoms with E-state index in [9.17, 15) is 12.8 Å². The molecule has 1 rings (SSSR count). The second-order valence-electron chi connectivity index (χ2n) is 4.37. The summed E-state index contributed by atoms with van der Waals surface area (Å²) < 4.78 is 36.0. The topological polar surface area (TPSA) is 60.2 Å². The number of nitrogens with two attached hydrogens (primary N) is 1. The van der Waals surface area contributed by atoms with Crippen LogP contribution in [-0.4, -0.2) is 20.4 Å². The van der Waals surface area contributed by atoms with Crippen molar-refractivity contribution < 1.29 is 12.8 Å². The van der Waals surface area contributed by atoms with Crippen LogP contribution in [0.1, 0.15) is 25.3 Å². The summed E-state index contributed by atoms with van der Waals surface area (Å²) in [6, 6.07) is 6.25. The summed E-state index contributed by atoms with van der Waals surface area (Å²) in [5, 5.41) is 0. The van der Waals surface area contributed by atoms with Crippen molar-refractivity contribution in [2.75, 3.05) is 12.0 Å². The van der Waals surface area contributed by atoms with Crippen LogP contribution in [0.2, 0.25) is 0 Å². The minimum atomic E-state index is -3.09. The summed E-state index contributed by atoms with van der Waals surface area (Å²) in [4.78, 5) is 0. The van der Waals surface area contributed by atoms with Crippen molar-refractivity contribution in [2.45, 2.75) is 25.3 Å². The standard InChI is InChI=1S/C12H18FNO2S/c1-3-12(14,8-9-17(2,15)16)10-6-4-5-7-11(10)13/h4-7H,3,8-9,14H2,1-2H3. The molecule has 0 aliphatic carbocycles. The zero-order valence-electron chi connectivity index (χ0n) is 10.1. The minimum Gasteiger partial charge on any atom is -0.321 e. The molecule has 0 saturated heterocycles. The van der Waals surface area contributed by atoms with Gasteiger partial charge in [0.1, 0.15) is 15.7 Å². The number of hydrogen-bond acceptors (Lipinski definition) is 3. The SMILES string of the molecule is CCC(N)(CCS(C)(=O)=O)c1ccccc1F. The molecule has 0 aliphatic heterocycles. The Morgan fingerprint density at radius 2 is 1.94 bits per heavy atom. The van der Waals surface area contributed by atoms with Crippen LogP contribution in [-0.2, 0) is 15.4 Å². The first-order valence-corrected chi connectivity index (χ1v) is 7.56. The van der Waals surface area contributed by atoms with E-state index >= 15 is 0 Å². The Kier molecular flexibility index (Phi) is 4.27. The molecule has 0 saturated carbocycles. The molecule has 1 atom stereocenters. The van der Waals surface area contributed by atoms with Crippen LogP contribution < -0.4 is 5.73 Å². The van der Waals surface area contributed by atoms with Crippen LogP contribution in [0.15, 0.2) is 24.3 Å². The average Bonchev–Trinajstić information content (AvgIpc) is 2.26. The summed E-state index contributed by atoms with van der Waals surface area (Å²) in [5.41, 5.74) is 5.58. The molecular weight excluding hydrogens is 241 g/mol. The molecule has 3 nitrogen and oxygen atoms in total. The van der Waals surface area contributed by atoms with Crippen molar-refractivity contribution >= 4 is 9.84 Å². The van der Waals surface area contributed by atoms with E-state index < -0.39 is 15.4 Å². The molecule has 0 spiro atoms. The molecule has 1 aromatic carbocycles. The fourth-order valence-corrected chi connectivity index (χ4v) is 2.47. The largest absolute Gasteiger partial charge is 0.321 e. The predicted octanol–water partition coefficient (Wildman–Crippen LogP) is 1.82. The van der Waals surface area contributed by atoms with E-state index in [1.165, 1.54) is 6.07 Å². The van der Waals surface area contributed by atoms with E-state index in [1.807, 2.05) is 6.92 Å². The first-order valence-electron chi connectivity index (χ1n) is 5.50. The fraction of sp³-hybridized carbons (Fsp3) is 0.500. The molecule has 1 unspecified atom stereocenters. The number of rotatable bonds is 5. The quantitative estimate of drug-likeness (QED) is 0.877. The summed E-state index contributed by atoms with van der Waals surface area (Å²) in [6.07, 6.45) is 1.87. The van der Waals surface area contributed by atoms with Gasteiger partial charge in [0.2, 0.25) is 0 Å². The molecule has 0 aromatic heterocycles. The van der Waals surface area contributed by atoms with Gasteiger partial charge in [0.05, 0.1) is 5.75 Å². The predicted molar refractivity (Wildman–Crippen MR) is 66.9 cm³/mol. The zero-order chi connectivity index (χ0) is 13.1. The highest BCUT2D eigenvalue weighted by atomic mass is 32.2. The second-order valence-corrected chi connectivity index (χ2v) is 6.63. The molecule has 0 amide bonds. The van der Waals surface area contributed by atoms with Gasteiger partial charge in [-0.3, -0.25) is 0 Å². The molecular formula is C12H18FNO2S. The van der Waals surface area contributed by atoms with Crippen LogP contribution in [0.4, 0.5) is 4.39 Å². The average molecular weight is 259 g/mol. The normalized spacial score (nSPS) is 15.5. The molecule has 0 fully saturated rings. The van der Waals surface area contributed by atoms with E-state index in [-0.39, 0.29) is 18.0 Å². The van der Waals surface area contributed by atoms with Crippen molar-refractivity contribution in [1.29, 1.82) is 0 Å². The van der Waals surface area contributed by atoms with E-state index in [2.05, 4.69) is 0 Å². The van der Waals surface area contributed by atoms with Crippen molar-refractivity contribution in [3.63, 3.8) is 0 Å². The number of hydrogen-bond donors (Lipinski definition) is 1.